The molecule has 0 unspecified atom stereocenters. The second kappa shape index (κ2) is 4.92. The van der Waals surface area contributed by atoms with Gasteiger partial charge in [0.25, 0.3) is 5.91 Å². The summed E-state index contributed by atoms with van der Waals surface area (Å²) in [6.45, 7) is 7.75. The normalized spacial score (nSPS) is 17.8. The van der Waals surface area contributed by atoms with Crippen molar-refractivity contribution in [3.05, 3.63) is 18.1 Å². The van der Waals surface area contributed by atoms with Gasteiger partial charge >= 0.3 is 0 Å². The molecule has 5 heteroatoms. The van der Waals surface area contributed by atoms with E-state index in [1.54, 1.807) is 6.20 Å². The predicted octanol–water partition coefficient (Wildman–Crippen LogP) is 1.92. The third-order valence-corrected chi connectivity index (χ3v) is 3.36. The zero-order chi connectivity index (χ0) is 13.2. The van der Waals surface area contributed by atoms with Crippen LogP contribution in [0.25, 0.3) is 0 Å². The molecule has 1 N–H and O–H groups in total. The third-order valence-electron chi connectivity index (χ3n) is 3.36. The zero-order valence-electron chi connectivity index (χ0n) is 11.2. The van der Waals surface area contributed by atoms with E-state index in [1.165, 1.54) is 6.20 Å². The molecule has 0 radical (unpaired) electrons. The number of anilines is 1. The highest BCUT2D eigenvalue weighted by Gasteiger charge is 2.36. The Labute approximate surface area is 108 Å². The van der Waals surface area contributed by atoms with Crippen LogP contribution in [0.2, 0.25) is 0 Å². The van der Waals surface area contributed by atoms with Crippen LogP contribution in [0.5, 0.6) is 0 Å². The Kier molecular flexibility index (Phi) is 3.50. The molecule has 1 amide bonds. The fourth-order valence-electron chi connectivity index (χ4n) is 2.36. The van der Waals surface area contributed by atoms with E-state index in [2.05, 4.69) is 29.1 Å². The van der Waals surface area contributed by atoms with E-state index in [-0.39, 0.29) is 11.4 Å². The van der Waals surface area contributed by atoms with E-state index in [9.17, 15) is 4.79 Å². The molecule has 1 fully saturated rings. The first-order valence-electron chi connectivity index (χ1n) is 6.42. The molecular weight excluding hydrogens is 228 g/mol. The quantitative estimate of drug-likeness (QED) is 0.888. The molecule has 0 atom stereocenters. The minimum atomic E-state index is -0.0764. The summed E-state index contributed by atoms with van der Waals surface area (Å²) in [6, 6.07) is 0. The molecule has 2 rings (SSSR count). The first kappa shape index (κ1) is 12.8. The fraction of sp³-hybridized carbons (Fsp3) is 0.615. The number of carbonyl (C=O) groups excluding carboxylic acids is 1. The Balaban J connectivity index is 2.20. The van der Waals surface area contributed by atoms with Crippen LogP contribution in [0.15, 0.2) is 12.4 Å². The van der Waals surface area contributed by atoms with Crippen molar-refractivity contribution in [1.82, 2.24) is 14.9 Å². The van der Waals surface area contributed by atoms with E-state index in [4.69, 9.17) is 0 Å². The molecule has 1 aliphatic rings. The largest absolute Gasteiger partial charge is 0.369 e. The summed E-state index contributed by atoms with van der Waals surface area (Å²) in [5, 5.41) is 3.07. The zero-order valence-corrected chi connectivity index (χ0v) is 11.2. The summed E-state index contributed by atoms with van der Waals surface area (Å²) in [5.41, 5.74) is 0.343. The molecule has 1 aliphatic heterocycles. The van der Waals surface area contributed by atoms with Crippen molar-refractivity contribution < 1.29 is 4.79 Å². The molecule has 0 spiro atoms. The number of hydrogen-bond donors (Lipinski definition) is 1. The standard InChI is InChI=1S/C13H20N4O/c1-4-15-11-9-14-8-10(16-11)12(18)17-7-5-6-13(17,2)3/h8-9H,4-7H2,1-3H3,(H,15,16). The van der Waals surface area contributed by atoms with Crippen molar-refractivity contribution in [2.24, 2.45) is 0 Å². The average Bonchev–Trinajstić information content (AvgIpc) is 2.69. The van der Waals surface area contributed by atoms with Crippen LogP contribution in [-0.2, 0) is 0 Å². The van der Waals surface area contributed by atoms with Crippen molar-refractivity contribution >= 4 is 11.7 Å². The van der Waals surface area contributed by atoms with Crippen LogP contribution in [0.1, 0.15) is 44.1 Å². The molecule has 18 heavy (non-hydrogen) atoms. The van der Waals surface area contributed by atoms with Crippen LogP contribution in [-0.4, -0.2) is 39.4 Å². The maximum absolute atomic E-state index is 12.4. The number of nitrogens with zero attached hydrogens (tertiary/aromatic N) is 3. The minimum Gasteiger partial charge on any atom is -0.369 e. The molecule has 1 saturated heterocycles. The highest BCUT2D eigenvalue weighted by molar-refractivity contribution is 5.93. The van der Waals surface area contributed by atoms with Gasteiger partial charge in [0.15, 0.2) is 0 Å². The van der Waals surface area contributed by atoms with Gasteiger partial charge in [0.05, 0.1) is 12.4 Å². The Morgan fingerprint density at radius 3 is 2.89 bits per heavy atom. The van der Waals surface area contributed by atoms with Gasteiger partial charge in [-0.3, -0.25) is 9.78 Å². The molecule has 1 aromatic heterocycles. The third kappa shape index (κ3) is 2.44. The number of carbonyl (C=O) groups is 1. The Bertz CT molecular complexity index is 444. The van der Waals surface area contributed by atoms with Crippen molar-refractivity contribution in [2.45, 2.75) is 39.2 Å². The molecular formula is C13H20N4O. The van der Waals surface area contributed by atoms with Crippen LogP contribution < -0.4 is 5.32 Å². The monoisotopic (exact) mass is 248 g/mol. The highest BCUT2D eigenvalue weighted by atomic mass is 16.2. The Morgan fingerprint density at radius 1 is 1.50 bits per heavy atom. The number of nitrogens with one attached hydrogen (secondary N) is 1. The molecule has 2 heterocycles. The lowest BCUT2D eigenvalue weighted by molar-refractivity contribution is 0.0645. The van der Waals surface area contributed by atoms with Gasteiger partial charge in [-0.15, -0.1) is 0 Å². The summed E-state index contributed by atoms with van der Waals surface area (Å²) < 4.78 is 0. The van der Waals surface area contributed by atoms with Gasteiger partial charge < -0.3 is 10.2 Å². The number of hydrogen-bond acceptors (Lipinski definition) is 4. The summed E-state index contributed by atoms with van der Waals surface area (Å²) in [5.74, 6) is 0.630. The number of likely N-dealkylation sites (tertiary alicyclic amines) is 1. The number of aromatic nitrogens is 2. The number of rotatable bonds is 3. The highest BCUT2D eigenvalue weighted by Crippen LogP contribution is 2.29. The first-order valence-corrected chi connectivity index (χ1v) is 6.42. The number of amides is 1. The van der Waals surface area contributed by atoms with Gasteiger partial charge in [-0.25, -0.2) is 4.98 Å². The SMILES string of the molecule is CCNc1cncc(C(=O)N2CCCC2(C)C)n1. The van der Waals surface area contributed by atoms with Crippen LogP contribution in [0, 0.1) is 0 Å². The van der Waals surface area contributed by atoms with E-state index in [1.807, 2.05) is 11.8 Å². The van der Waals surface area contributed by atoms with Crippen LogP contribution >= 0.6 is 0 Å². The van der Waals surface area contributed by atoms with Crippen molar-refractivity contribution in [3.63, 3.8) is 0 Å². The van der Waals surface area contributed by atoms with Crippen LogP contribution in [0.4, 0.5) is 5.82 Å². The molecule has 5 nitrogen and oxygen atoms in total. The lowest BCUT2D eigenvalue weighted by Gasteiger charge is -2.31. The summed E-state index contributed by atoms with van der Waals surface area (Å²) >= 11 is 0. The molecule has 0 aromatic carbocycles. The minimum absolute atomic E-state index is 0.0234. The molecule has 0 saturated carbocycles. The van der Waals surface area contributed by atoms with Crippen molar-refractivity contribution in [2.75, 3.05) is 18.4 Å². The smallest absolute Gasteiger partial charge is 0.274 e. The van der Waals surface area contributed by atoms with Crippen molar-refractivity contribution in [3.8, 4) is 0 Å². The molecule has 98 valence electrons. The molecule has 0 bridgehead atoms. The topological polar surface area (TPSA) is 58.1 Å². The van der Waals surface area contributed by atoms with E-state index in [0.717, 1.165) is 25.9 Å². The summed E-state index contributed by atoms with van der Waals surface area (Å²) in [7, 11) is 0. The van der Waals surface area contributed by atoms with Gasteiger partial charge in [-0.05, 0) is 33.6 Å². The maximum atomic E-state index is 12.4. The van der Waals surface area contributed by atoms with Gasteiger partial charge in [-0.2, -0.15) is 0 Å². The molecule has 1 aromatic rings. The van der Waals surface area contributed by atoms with E-state index in [0.29, 0.717) is 11.5 Å². The second-order valence-corrected chi connectivity index (χ2v) is 5.19. The lowest BCUT2D eigenvalue weighted by atomic mass is 10.0. The van der Waals surface area contributed by atoms with Gasteiger partial charge in [0.1, 0.15) is 11.5 Å². The lowest BCUT2D eigenvalue weighted by Crippen LogP contribution is -2.43. The summed E-state index contributed by atoms with van der Waals surface area (Å²) in [4.78, 5) is 22.7. The van der Waals surface area contributed by atoms with Crippen LogP contribution in [0.3, 0.4) is 0 Å². The summed E-state index contributed by atoms with van der Waals surface area (Å²) in [6.07, 6.45) is 5.27. The van der Waals surface area contributed by atoms with Gasteiger partial charge in [-0.1, -0.05) is 0 Å². The first-order chi connectivity index (χ1) is 8.54. The van der Waals surface area contributed by atoms with Gasteiger partial charge in [0.2, 0.25) is 0 Å². The fourth-order valence-corrected chi connectivity index (χ4v) is 2.36. The Hall–Kier alpha value is -1.65. The molecule has 0 aliphatic carbocycles. The van der Waals surface area contributed by atoms with Gasteiger partial charge in [0, 0.05) is 18.6 Å². The second-order valence-electron chi connectivity index (χ2n) is 5.19. The Morgan fingerprint density at radius 2 is 2.28 bits per heavy atom. The van der Waals surface area contributed by atoms with E-state index < -0.39 is 0 Å². The maximum Gasteiger partial charge on any atom is 0.274 e. The van der Waals surface area contributed by atoms with E-state index >= 15 is 0 Å². The van der Waals surface area contributed by atoms with Crippen molar-refractivity contribution in [1.29, 1.82) is 0 Å². The average molecular weight is 248 g/mol. The predicted molar refractivity (Wildman–Crippen MR) is 70.5 cm³/mol.